The van der Waals surface area contributed by atoms with Gasteiger partial charge in [-0.25, -0.2) is 23.4 Å². The molecule has 19 heteroatoms. The zero-order valence-electron chi connectivity index (χ0n) is 38.1. The first-order valence-corrected chi connectivity index (χ1v) is 24.8. The minimum atomic E-state index is -3.62. The number of nitrogens with one attached hydrogen (secondary N) is 2. The van der Waals surface area contributed by atoms with Crippen LogP contribution in [0.5, 0.6) is 17.2 Å². The Balaban J connectivity index is 0.914. The van der Waals surface area contributed by atoms with Crippen LogP contribution in [0.25, 0.3) is 0 Å². The van der Waals surface area contributed by atoms with E-state index in [9.17, 15) is 22.8 Å². The number of halogens is 1. The monoisotopic (exact) mass is 943 g/mol. The van der Waals surface area contributed by atoms with E-state index in [0.717, 1.165) is 87.8 Å². The number of aromatic nitrogens is 2. The normalized spacial score (nSPS) is 18.8. The number of benzene rings is 3. The quantitative estimate of drug-likeness (QED) is 0.119. The lowest BCUT2D eigenvalue weighted by Crippen LogP contribution is -2.52. The van der Waals surface area contributed by atoms with E-state index in [4.69, 9.17) is 35.8 Å². The molecule has 352 valence electrons. The number of hydrogen-bond donors (Lipinski definition) is 2. The Morgan fingerprint density at radius 1 is 0.924 bits per heavy atom. The van der Waals surface area contributed by atoms with Gasteiger partial charge in [0.05, 0.1) is 51.2 Å². The van der Waals surface area contributed by atoms with Crippen molar-refractivity contribution in [2.24, 2.45) is 5.92 Å². The zero-order valence-corrected chi connectivity index (χ0v) is 39.7. The number of piperidine rings is 3. The van der Waals surface area contributed by atoms with Crippen LogP contribution in [0.15, 0.2) is 60.8 Å². The van der Waals surface area contributed by atoms with Gasteiger partial charge < -0.3 is 29.3 Å². The van der Waals surface area contributed by atoms with Gasteiger partial charge in [0, 0.05) is 49.8 Å². The molecule has 4 aliphatic heterocycles. The van der Waals surface area contributed by atoms with Crippen LogP contribution in [0.2, 0.25) is 5.02 Å². The maximum Gasteiger partial charge on any atom is 0.255 e. The van der Waals surface area contributed by atoms with E-state index < -0.39 is 22.0 Å². The van der Waals surface area contributed by atoms with Gasteiger partial charge in [-0.15, -0.1) is 0 Å². The molecule has 1 atom stereocenters. The molecule has 4 aliphatic rings. The van der Waals surface area contributed by atoms with E-state index in [2.05, 4.69) is 39.6 Å². The van der Waals surface area contributed by atoms with E-state index in [0.29, 0.717) is 70.9 Å². The third-order valence-electron chi connectivity index (χ3n) is 13.3. The second kappa shape index (κ2) is 20.0. The fraction of sp³-hybridized carbons (Fsp3) is 0.468. The number of likely N-dealkylation sites (tertiary alicyclic amines) is 1. The molecule has 0 bridgehead atoms. The number of rotatable bonds is 16. The molecule has 0 aliphatic carbocycles. The van der Waals surface area contributed by atoms with E-state index in [-0.39, 0.29) is 29.8 Å². The third kappa shape index (κ3) is 10.0. The number of fused-ring (bicyclic) bond motifs is 1. The Morgan fingerprint density at radius 2 is 1.70 bits per heavy atom. The Bertz CT molecular complexity index is 2570. The molecule has 0 spiro atoms. The van der Waals surface area contributed by atoms with Gasteiger partial charge in [0.25, 0.3) is 5.91 Å². The molecule has 2 N–H and O–H groups in total. The highest BCUT2D eigenvalue weighted by Crippen LogP contribution is 2.40. The molecule has 0 radical (unpaired) electrons. The maximum atomic E-state index is 13.3. The van der Waals surface area contributed by atoms with E-state index in [1.54, 1.807) is 42.5 Å². The number of aryl methyl sites for hydroxylation is 1. The summed E-state index contributed by atoms with van der Waals surface area (Å²) in [6.45, 7) is 6.40. The fourth-order valence-electron chi connectivity index (χ4n) is 9.42. The molecular formula is C47H58ClN9O8S. The van der Waals surface area contributed by atoms with Gasteiger partial charge in [-0.05, 0) is 106 Å². The first kappa shape index (κ1) is 46.8. The Labute approximate surface area is 391 Å². The maximum absolute atomic E-state index is 13.3. The molecule has 1 unspecified atom stereocenters. The summed E-state index contributed by atoms with van der Waals surface area (Å²) < 4.78 is 44.1. The zero-order chi connectivity index (χ0) is 46.7. The van der Waals surface area contributed by atoms with Crippen LogP contribution in [0.1, 0.15) is 73.4 Å². The lowest BCUT2D eigenvalue weighted by Gasteiger charge is -2.44. The van der Waals surface area contributed by atoms with Crippen molar-refractivity contribution >= 4 is 68.2 Å². The Morgan fingerprint density at radius 3 is 2.39 bits per heavy atom. The largest absolute Gasteiger partial charge is 0.497 e. The summed E-state index contributed by atoms with van der Waals surface area (Å²) in [6.07, 6.45) is 8.93. The molecular weight excluding hydrogens is 886 g/mol. The molecule has 5 heterocycles. The molecule has 0 saturated carbocycles. The minimum absolute atomic E-state index is 0.205. The van der Waals surface area contributed by atoms with Crippen LogP contribution in [0.4, 0.5) is 28.8 Å². The van der Waals surface area contributed by atoms with Crippen molar-refractivity contribution in [3.8, 4) is 17.2 Å². The predicted molar refractivity (Wildman–Crippen MR) is 253 cm³/mol. The number of hydrogen-bond acceptors (Lipinski definition) is 14. The summed E-state index contributed by atoms with van der Waals surface area (Å²) >= 11 is 6.76. The summed E-state index contributed by atoms with van der Waals surface area (Å²) in [7, 11) is 1.03. The highest BCUT2D eigenvalue weighted by atomic mass is 35.5. The fourth-order valence-corrected chi connectivity index (χ4v) is 10.1. The molecule has 4 aromatic rings. The number of hydrazine groups is 1. The van der Waals surface area contributed by atoms with E-state index in [1.165, 1.54) is 18.5 Å². The van der Waals surface area contributed by atoms with Crippen molar-refractivity contribution in [2.75, 3.05) is 74.9 Å². The van der Waals surface area contributed by atoms with Crippen molar-refractivity contribution in [2.45, 2.75) is 76.9 Å². The molecule has 3 saturated heterocycles. The molecule has 3 fully saturated rings. The van der Waals surface area contributed by atoms with Crippen LogP contribution in [0.3, 0.4) is 0 Å². The first-order valence-electron chi connectivity index (χ1n) is 22.5. The van der Waals surface area contributed by atoms with Gasteiger partial charge in [0.1, 0.15) is 34.0 Å². The van der Waals surface area contributed by atoms with Gasteiger partial charge in [0.2, 0.25) is 27.8 Å². The number of amides is 3. The summed E-state index contributed by atoms with van der Waals surface area (Å²) in [5.74, 6) is 2.08. The van der Waals surface area contributed by atoms with Crippen molar-refractivity contribution in [1.82, 2.24) is 30.1 Å². The van der Waals surface area contributed by atoms with Crippen LogP contribution in [-0.2, 0) is 32.6 Å². The van der Waals surface area contributed by atoms with Gasteiger partial charge >= 0.3 is 0 Å². The third-order valence-corrected chi connectivity index (χ3v) is 14.8. The number of nitrogens with zero attached hydrogens (tertiary/aromatic N) is 7. The highest BCUT2D eigenvalue weighted by molar-refractivity contribution is 7.92. The van der Waals surface area contributed by atoms with Gasteiger partial charge in [-0.2, -0.15) is 4.98 Å². The topological polar surface area (TPSA) is 179 Å². The second-order valence-electron chi connectivity index (χ2n) is 17.3. The van der Waals surface area contributed by atoms with Crippen LogP contribution >= 0.6 is 11.6 Å². The first-order chi connectivity index (χ1) is 31.8. The van der Waals surface area contributed by atoms with Crippen molar-refractivity contribution in [1.29, 1.82) is 0 Å². The molecule has 1 aromatic heterocycles. The SMILES string of the molecule is CCc1ccc(OC)c(N(c2ncc(Cl)c(Nc3ccc(OC)cc3N(C)S(C)(=O)=O)n2)N2CCC(N3CCC(CCOc4cccc5c4CN(C4CCC(=O)NC4=O)C5=O)CC3)CC2)c1. The molecule has 66 heavy (non-hydrogen) atoms. The highest BCUT2D eigenvalue weighted by Gasteiger charge is 2.40. The lowest BCUT2D eigenvalue weighted by molar-refractivity contribution is -0.136. The number of carbonyl (C=O) groups is 3. The number of sulfonamides is 1. The van der Waals surface area contributed by atoms with Crippen molar-refractivity contribution in [3.05, 3.63) is 82.5 Å². The smallest absolute Gasteiger partial charge is 0.255 e. The number of methoxy groups -OCH3 is 2. The molecule has 17 nitrogen and oxygen atoms in total. The summed E-state index contributed by atoms with van der Waals surface area (Å²) in [5.41, 5.74) is 4.09. The predicted octanol–water partition coefficient (Wildman–Crippen LogP) is 6.31. The average Bonchev–Trinajstić information content (AvgIpc) is 3.66. The van der Waals surface area contributed by atoms with Crippen molar-refractivity contribution in [3.63, 3.8) is 0 Å². The van der Waals surface area contributed by atoms with Crippen LogP contribution < -0.4 is 34.2 Å². The number of imide groups is 1. The summed E-state index contributed by atoms with van der Waals surface area (Å²) in [5, 5.41) is 10.2. The summed E-state index contributed by atoms with van der Waals surface area (Å²) in [4.78, 5) is 51.5. The van der Waals surface area contributed by atoms with Gasteiger partial charge in [-0.3, -0.25) is 24.0 Å². The Hall–Kier alpha value is -5.69. The second-order valence-corrected chi connectivity index (χ2v) is 19.7. The van der Waals surface area contributed by atoms with E-state index in [1.807, 2.05) is 23.2 Å². The van der Waals surface area contributed by atoms with Crippen LogP contribution in [-0.4, -0.2) is 123 Å². The van der Waals surface area contributed by atoms with Gasteiger partial charge in [0.15, 0.2) is 5.82 Å². The molecule has 8 rings (SSSR count). The lowest BCUT2D eigenvalue weighted by atomic mass is 9.91. The minimum Gasteiger partial charge on any atom is -0.497 e. The Kier molecular flexibility index (Phi) is 14.2. The average molecular weight is 945 g/mol. The molecule has 3 aromatic carbocycles. The van der Waals surface area contributed by atoms with Gasteiger partial charge in [-0.1, -0.05) is 30.7 Å². The van der Waals surface area contributed by atoms with Crippen LogP contribution in [0, 0.1) is 5.92 Å². The standard InChI is InChI=1S/C47H58ClN9O8S/c1-6-30-10-14-42(64-4)40(26-30)57(47-49-28-36(48)44(52-47)50-37-12-11-33(63-3)27-39(37)53(2)66(5,61)62)55-23-18-32(19-24-55)54-21-16-31(17-22-54)20-25-65-41-9-7-8-34-35(41)29-56(46(34)60)38-13-15-43(58)51-45(38)59/h7-12,14,26-28,31-32,38H,6,13,15-25,29H2,1-5H3,(H,49,50,52)(H,51,58,59). The van der Waals surface area contributed by atoms with E-state index >= 15 is 0 Å². The number of carbonyl (C=O) groups excluding carboxylic acids is 3. The van der Waals surface area contributed by atoms with Crippen molar-refractivity contribution < 1.29 is 37.0 Å². The number of ether oxygens (including phenoxy) is 3. The summed E-state index contributed by atoms with van der Waals surface area (Å²) in [6, 6.07) is 16.4. The molecule has 3 amide bonds. The number of anilines is 5.